The lowest BCUT2D eigenvalue weighted by Crippen LogP contribution is -2.10. The summed E-state index contributed by atoms with van der Waals surface area (Å²) in [5.74, 6) is 1.89. The minimum atomic E-state index is 0.143. The summed E-state index contributed by atoms with van der Waals surface area (Å²) in [5, 5.41) is 11.0. The molecule has 2 nitrogen and oxygen atoms in total. The number of hydrogen-bond acceptors (Lipinski definition) is 2. The average molecular weight is 521 g/mol. The second-order valence-electron chi connectivity index (χ2n) is 12.9. The lowest BCUT2D eigenvalue weighted by Gasteiger charge is -2.21. The van der Waals surface area contributed by atoms with Gasteiger partial charge in [-0.2, -0.15) is 0 Å². The number of phenolic OH excluding ortho intramolecular Hbond substituents is 1. The van der Waals surface area contributed by atoms with Gasteiger partial charge in [-0.1, -0.05) is 57.5 Å². The molecule has 0 radical (unpaired) electrons. The van der Waals surface area contributed by atoms with E-state index in [1.54, 1.807) is 0 Å². The van der Waals surface area contributed by atoms with Crippen LogP contribution in [0.25, 0.3) is 11.6 Å². The van der Waals surface area contributed by atoms with E-state index < -0.39 is 0 Å². The number of Topliss-reactive ketones (excluding diaryl/α,β-unsaturated/α-hetero) is 1. The van der Waals surface area contributed by atoms with Crippen molar-refractivity contribution in [2.24, 2.45) is 17.8 Å². The van der Waals surface area contributed by atoms with Crippen LogP contribution in [0.15, 0.2) is 36.4 Å². The minimum Gasteiger partial charge on any atom is -0.507 e. The molecule has 204 valence electrons. The summed E-state index contributed by atoms with van der Waals surface area (Å²) in [6, 6.07) is 12.7. The number of ketones is 1. The van der Waals surface area contributed by atoms with Gasteiger partial charge >= 0.3 is 0 Å². The van der Waals surface area contributed by atoms with Crippen molar-refractivity contribution >= 4 is 17.4 Å². The minimum absolute atomic E-state index is 0.143. The smallest absolute Gasteiger partial charge is 0.166 e. The van der Waals surface area contributed by atoms with E-state index in [9.17, 15) is 9.90 Å². The molecule has 0 spiro atoms. The molecule has 0 fully saturated rings. The van der Waals surface area contributed by atoms with Gasteiger partial charge in [0.05, 0.1) is 0 Å². The first-order valence-corrected chi connectivity index (χ1v) is 14.8. The van der Waals surface area contributed by atoms with Crippen molar-refractivity contribution in [3.05, 3.63) is 97.6 Å². The Kier molecular flexibility index (Phi) is 7.60. The van der Waals surface area contributed by atoms with Crippen molar-refractivity contribution in [1.29, 1.82) is 0 Å². The number of benzene rings is 3. The highest BCUT2D eigenvalue weighted by atomic mass is 16.3. The van der Waals surface area contributed by atoms with Crippen LogP contribution in [0.2, 0.25) is 0 Å². The molecule has 5 rings (SSSR count). The van der Waals surface area contributed by atoms with Crippen molar-refractivity contribution in [3.63, 3.8) is 0 Å². The Bertz CT molecular complexity index is 1440. The molecule has 0 bridgehead atoms. The molecular weight excluding hydrogens is 476 g/mol. The van der Waals surface area contributed by atoms with Crippen molar-refractivity contribution in [2.75, 3.05) is 0 Å². The fraction of sp³-hybridized carbons (Fsp3) is 0.432. The molecule has 2 aliphatic carbocycles. The normalized spacial score (nSPS) is 17.0. The van der Waals surface area contributed by atoms with Crippen molar-refractivity contribution in [2.45, 2.75) is 87.0 Å². The Morgan fingerprint density at radius 3 is 2.33 bits per heavy atom. The predicted molar refractivity (Wildman–Crippen MR) is 164 cm³/mol. The van der Waals surface area contributed by atoms with Crippen LogP contribution in [0.5, 0.6) is 5.75 Å². The van der Waals surface area contributed by atoms with E-state index >= 15 is 0 Å². The number of fused-ring (bicyclic) bond motifs is 2. The fourth-order valence-electron chi connectivity index (χ4n) is 6.88. The molecule has 3 aromatic carbocycles. The molecule has 0 saturated carbocycles. The summed E-state index contributed by atoms with van der Waals surface area (Å²) < 4.78 is 0. The molecular formula is C37H44O2. The van der Waals surface area contributed by atoms with Crippen LogP contribution in [0.3, 0.4) is 0 Å². The SMILES string of the molecule is Cc1cc(C)c(C)c(CC(C)Cc2cccc(O)c2C2=Cc3cc4c(cc3C2)CC(CCC(C)C)C4=O)c1C. The quantitative estimate of drug-likeness (QED) is 0.322. The van der Waals surface area contributed by atoms with Crippen LogP contribution in [-0.2, 0) is 25.7 Å². The standard InChI is InChI=1S/C37H44O2/c1-21(2)11-12-28-16-31-17-29-18-32(19-30(29)20-34(31)37(28)39)36-27(9-8-10-35(36)38)13-22(3)14-33-25(6)23(4)15-24(5)26(33)7/h8-10,15,17,19-22,28,38H,11-14,16,18H2,1-7H3. The van der Waals surface area contributed by atoms with Gasteiger partial charge in [0.25, 0.3) is 0 Å². The van der Waals surface area contributed by atoms with Gasteiger partial charge in [-0.15, -0.1) is 0 Å². The van der Waals surface area contributed by atoms with Gasteiger partial charge in [-0.05, 0) is 139 Å². The topological polar surface area (TPSA) is 37.3 Å². The molecule has 2 heteroatoms. The number of rotatable bonds is 8. The largest absolute Gasteiger partial charge is 0.507 e. The molecule has 2 atom stereocenters. The number of allylic oxidation sites excluding steroid dienone is 1. The maximum atomic E-state index is 13.2. The molecule has 1 N–H and O–H groups in total. The molecule has 3 aromatic rings. The van der Waals surface area contributed by atoms with Crippen molar-refractivity contribution in [3.8, 4) is 5.75 Å². The second-order valence-corrected chi connectivity index (χ2v) is 12.9. The van der Waals surface area contributed by atoms with E-state index in [1.807, 2.05) is 12.1 Å². The zero-order chi connectivity index (χ0) is 28.0. The van der Waals surface area contributed by atoms with Crippen LogP contribution < -0.4 is 0 Å². The first-order chi connectivity index (χ1) is 18.5. The summed E-state index contributed by atoms with van der Waals surface area (Å²) in [5.41, 5.74) is 14.9. The highest BCUT2D eigenvalue weighted by molar-refractivity contribution is 6.04. The number of carbonyl (C=O) groups excluding carboxylic acids is 1. The molecule has 2 aliphatic rings. The third kappa shape index (κ3) is 5.36. The van der Waals surface area contributed by atoms with E-state index in [0.29, 0.717) is 23.4 Å². The average Bonchev–Trinajstić information content (AvgIpc) is 3.42. The monoisotopic (exact) mass is 520 g/mol. The summed E-state index contributed by atoms with van der Waals surface area (Å²) in [4.78, 5) is 13.2. The van der Waals surface area contributed by atoms with E-state index in [-0.39, 0.29) is 5.92 Å². The Hall–Kier alpha value is -3.13. The van der Waals surface area contributed by atoms with Crippen molar-refractivity contribution in [1.82, 2.24) is 0 Å². The summed E-state index contributed by atoms with van der Waals surface area (Å²) in [6.07, 6.45) is 7.92. The van der Waals surface area contributed by atoms with Crippen LogP contribution in [0.1, 0.15) is 99.6 Å². The molecule has 39 heavy (non-hydrogen) atoms. The molecule has 2 unspecified atom stereocenters. The van der Waals surface area contributed by atoms with Gasteiger partial charge in [-0.25, -0.2) is 0 Å². The highest BCUT2D eigenvalue weighted by Crippen LogP contribution is 2.41. The van der Waals surface area contributed by atoms with Gasteiger partial charge < -0.3 is 5.11 Å². The number of hydrogen-bond donors (Lipinski definition) is 1. The van der Waals surface area contributed by atoms with Gasteiger partial charge in [0.15, 0.2) is 5.78 Å². The zero-order valence-corrected chi connectivity index (χ0v) is 24.9. The van der Waals surface area contributed by atoms with Gasteiger partial charge in [0.2, 0.25) is 0 Å². The Balaban J connectivity index is 1.39. The zero-order valence-electron chi connectivity index (χ0n) is 24.9. The van der Waals surface area contributed by atoms with Crippen molar-refractivity contribution < 1.29 is 9.90 Å². The maximum absolute atomic E-state index is 13.2. The van der Waals surface area contributed by atoms with Crippen LogP contribution in [0, 0.1) is 45.4 Å². The number of aryl methyl sites for hydroxylation is 2. The molecule has 0 aromatic heterocycles. The number of phenols is 1. The summed E-state index contributed by atoms with van der Waals surface area (Å²) >= 11 is 0. The predicted octanol–water partition coefficient (Wildman–Crippen LogP) is 8.94. The van der Waals surface area contributed by atoms with E-state index in [0.717, 1.165) is 60.8 Å². The van der Waals surface area contributed by atoms with Gasteiger partial charge in [0.1, 0.15) is 5.75 Å². The number of aromatic hydroxyl groups is 1. The Labute approximate surface area is 235 Å². The van der Waals surface area contributed by atoms with E-state index in [4.69, 9.17) is 0 Å². The molecule has 0 amide bonds. The maximum Gasteiger partial charge on any atom is 0.166 e. The first kappa shape index (κ1) is 27.4. The molecule has 0 heterocycles. The van der Waals surface area contributed by atoms with Gasteiger partial charge in [-0.3, -0.25) is 4.79 Å². The first-order valence-electron chi connectivity index (χ1n) is 14.8. The lowest BCUT2D eigenvalue weighted by molar-refractivity contribution is 0.0927. The Morgan fingerprint density at radius 2 is 1.64 bits per heavy atom. The van der Waals surface area contributed by atoms with Gasteiger partial charge in [0, 0.05) is 17.0 Å². The lowest BCUT2D eigenvalue weighted by atomic mass is 9.85. The van der Waals surface area contributed by atoms with Crippen LogP contribution >= 0.6 is 0 Å². The van der Waals surface area contributed by atoms with E-state index in [1.165, 1.54) is 44.5 Å². The van der Waals surface area contributed by atoms with Crippen LogP contribution in [-0.4, -0.2) is 10.9 Å². The third-order valence-corrected chi connectivity index (χ3v) is 9.36. The Morgan fingerprint density at radius 1 is 0.923 bits per heavy atom. The molecule has 0 aliphatic heterocycles. The third-order valence-electron chi connectivity index (χ3n) is 9.36. The molecule has 0 saturated heterocycles. The number of carbonyl (C=O) groups is 1. The summed E-state index contributed by atoms with van der Waals surface area (Å²) in [7, 11) is 0. The van der Waals surface area contributed by atoms with E-state index in [2.05, 4.69) is 78.8 Å². The summed E-state index contributed by atoms with van der Waals surface area (Å²) in [6.45, 7) is 15.7. The fourth-order valence-corrected chi connectivity index (χ4v) is 6.88. The van der Waals surface area contributed by atoms with Crippen LogP contribution in [0.4, 0.5) is 0 Å². The highest BCUT2D eigenvalue weighted by Gasteiger charge is 2.32. The second kappa shape index (κ2) is 10.8.